The van der Waals surface area contributed by atoms with Gasteiger partial charge in [-0.1, -0.05) is 81.9 Å². The van der Waals surface area contributed by atoms with Crippen LogP contribution in [0, 0.1) is 6.92 Å². The first kappa shape index (κ1) is 24.3. The van der Waals surface area contributed by atoms with Gasteiger partial charge in [-0.3, -0.25) is 4.98 Å². The lowest BCUT2D eigenvalue weighted by atomic mass is 9.88. The number of pyridine rings is 2. The molecule has 3 heterocycles. The highest BCUT2D eigenvalue weighted by atomic mass is 28.3. The molecule has 0 N–H and O–H groups in total. The van der Waals surface area contributed by atoms with Gasteiger partial charge in [-0.25, -0.2) is 4.98 Å². The number of benzene rings is 3. The van der Waals surface area contributed by atoms with Gasteiger partial charge in [0.15, 0.2) is 8.07 Å². The van der Waals surface area contributed by atoms with Gasteiger partial charge in [0, 0.05) is 23.8 Å². The summed E-state index contributed by atoms with van der Waals surface area (Å²) in [5.41, 5.74) is 7.50. The fourth-order valence-electron chi connectivity index (χ4n) is 5.54. The standard InChI is InChI=1S/C34H32N2OSi/c1-23-15-17-35-32(19-23)37-27-10-8-9-24(20-27)25-13-14-29-28-11-6-7-12-30(28)38(5,31(29)21-25)33-22-26(16-18-36-33)34(2,3)4/h6-22H,1-5H3. The highest BCUT2D eigenvalue weighted by Crippen LogP contribution is 2.33. The Morgan fingerprint density at radius 2 is 1.45 bits per heavy atom. The zero-order valence-electron chi connectivity index (χ0n) is 22.6. The van der Waals surface area contributed by atoms with Crippen LogP contribution in [0.5, 0.6) is 11.6 Å². The molecule has 0 amide bonds. The number of aromatic nitrogens is 2. The fourth-order valence-corrected chi connectivity index (χ4v) is 9.55. The number of hydrogen-bond acceptors (Lipinski definition) is 3. The minimum Gasteiger partial charge on any atom is -0.439 e. The molecule has 3 nitrogen and oxygen atoms in total. The maximum atomic E-state index is 6.11. The minimum absolute atomic E-state index is 0.0673. The van der Waals surface area contributed by atoms with Crippen molar-refractivity contribution in [3.05, 3.63) is 115 Å². The predicted molar refractivity (Wildman–Crippen MR) is 160 cm³/mol. The van der Waals surface area contributed by atoms with Gasteiger partial charge < -0.3 is 4.74 Å². The molecule has 3 aromatic carbocycles. The van der Waals surface area contributed by atoms with Crippen LogP contribution < -0.4 is 20.4 Å². The van der Waals surface area contributed by atoms with Crippen molar-refractivity contribution < 1.29 is 4.74 Å². The average molecular weight is 513 g/mol. The van der Waals surface area contributed by atoms with E-state index in [9.17, 15) is 0 Å². The summed E-state index contributed by atoms with van der Waals surface area (Å²) in [5.74, 6) is 1.39. The second-order valence-corrected chi connectivity index (χ2v) is 15.3. The van der Waals surface area contributed by atoms with Crippen molar-refractivity contribution in [2.75, 3.05) is 0 Å². The summed E-state index contributed by atoms with van der Waals surface area (Å²) in [6, 6.07) is 32.6. The van der Waals surface area contributed by atoms with Gasteiger partial charge in [-0.05, 0) is 86.4 Å². The molecule has 5 aromatic rings. The fraction of sp³-hybridized carbons (Fsp3) is 0.176. The third-order valence-electron chi connectivity index (χ3n) is 7.73. The predicted octanol–water partition coefficient (Wildman–Crippen LogP) is 6.62. The number of nitrogens with zero attached hydrogens (tertiary/aromatic N) is 2. The first-order chi connectivity index (χ1) is 18.2. The summed E-state index contributed by atoms with van der Waals surface area (Å²) >= 11 is 0. The van der Waals surface area contributed by atoms with Crippen LogP contribution in [0.1, 0.15) is 31.9 Å². The van der Waals surface area contributed by atoms with E-state index in [4.69, 9.17) is 9.72 Å². The molecule has 6 rings (SSSR count). The van der Waals surface area contributed by atoms with Crippen molar-refractivity contribution in [1.82, 2.24) is 9.97 Å². The Hall–Kier alpha value is -4.02. The van der Waals surface area contributed by atoms with Gasteiger partial charge in [0.2, 0.25) is 5.88 Å². The number of rotatable bonds is 4. The summed E-state index contributed by atoms with van der Waals surface area (Å²) in [6.45, 7) is 11.3. The maximum absolute atomic E-state index is 6.11. The smallest absolute Gasteiger partial charge is 0.219 e. The molecule has 1 unspecified atom stereocenters. The summed E-state index contributed by atoms with van der Waals surface area (Å²) in [6.07, 6.45) is 3.78. The lowest BCUT2D eigenvalue weighted by molar-refractivity contribution is 0.462. The summed E-state index contributed by atoms with van der Waals surface area (Å²) in [5, 5.41) is 4.07. The molecule has 0 saturated heterocycles. The van der Waals surface area contributed by atoms with E-state index in [1.807, 2.05) is 37.4 Å². The molecule has 0 spiro atoms. The van der Waals surface area contributed by atoms with E-state index in [2.05, 4.69) is 99.0 Å². The number of aryl methyl sites for hydroxylation is 1. The largest absolute Gasteiger partial charge is 0.439 e. The Morgan fingerprint density at radius 3 is 2.26 bits per heavy atom. The van der Waals surface area contributed by atoms with E-state index < -0.39 is 8.07 Å². The third-order valence-corrected chi connectivity index (χ3v) is 12.0. The second-order valence-electron chi connectivity index (χ2n) is 11.4. The third kappa shape index (κ3) is 4.15. The Balaban J connectivity index is 1.46. The van der Waals surface area contributed by atoms with Crippen molar-refractivity contribution in [1.29, 1.82) is 0 Å². The van der Waals surface area contributed by atoms with E-state index in [1.165, 1.54) is 37.9 Å². The zero-order chi connectivity index (χ0) is 26.5. The van der Waals surface area contributed by atoms with Crippen LogP contribution >= 0.6 is 0 Å². The molecule has 188 valence electrons. The van der Waals surface area contributed by atoms with Crippen LogP contribution in [0.15, 0.2) is 103 Å². The van der Waals surface area contributed by atoms with Gasteiger partial charge in [0.1, 0.15) is 5.75 Å². The molecule has 1 aliphatic rings. The summed E-state index contributed by atoms with van der Waals surface area (Å²) in [4.78, 5) is 9.37. The molecule has 4 heteroatoms. The molecule has 0 bridgehead atoms. The van der Waals surface area contributed by atoms with Crippen molar-refractivity contribution in [3.63, 3.8) is 0 Å². The molecular formula is C34H32N2OSi. The summed E-state index contributed by atoms with van der Waals surface area (Å²) < 4.78 is 6.11. The van der Waals surface area contributed by atoms with Gasteiger partial charge in [-0.15, -0.1) is 0 Å². The molecule has 1 aliphatic heterocycles. The van der Waals surface area contributed by atoms with Crippen molar-refractivity contribution in [2.45, 2.75) is 39.7 Å². The highest BCUT2D eigenvalue weighted by Gasteiger charge is 2.44. The number of hydrogen-bond donors (Lipinski definition) is 0. The Morgan fingerprint density at radius 1 is 0.684 bits per heavy atom. The van der Waals surface area contributed by atoms with Crippen LogP contribution in [0.25, 0.3) is 22.3 Å². The monoisotopic (exact) mass is 512 g/mol. The SMILES string of the molecule is Cc1ccnc(Oc2cccc(-c3ccc4c(c3)[Si](C)(c3cc(C(C)(C)C)ccn3)c3ccccc3-4)c2)c1. The van der Waals surface area contributed by atoms with Gasteiger partial charge in [0.05, 0.1) is 0 Å². The number of fused-ring (bicyclic) bond motifs is 3. The van der Waals surface area contributed by atoms with E-state index in [0.29, 0.717) is 5.88 Å². The quantitative estimate of drug-likeness (QED) is 0.254. The van der Waals surface area contributed by atoms with Crippen molar-refractivity contribution in [3.8, 4) is 33.9 Å². The molecule has 0 radical (unpaired) electrons. The van der Waals surface area contributed by atoms with Crippen molar-refractivity contribution in [2.24, 2.45) is 0 Å². The average Bonchev–Trinajstić information content (AvgIpc) is 3.17. The lowest BCUT2D eigenvalue weighted by Gasteiger charge is -2.27. The number of ether oxygens (including phenoxy) is 1. The van der Waals surface area contributed by atoms with Crippen LogP contribution in [-0.4, -0.2) is 18.0 Å². The van der Waals surface area contributed by atoms with E-state index in [1.54, 1.807) is 6.20 Å². The van der Waals surface area contributed by atoms with E-state index in [-0.39, 0.29) is 5.41 Å². The molecule has 0 fully saturated rings. The van der Waals surface area contributed by atoms with Gasteiger partial charge in [-0.2, -0.15) is 0 Å². The lowest BCUT2D eigenvalue weighted by Crippen LogP contribution is -2.63. The van der Waals surface area contributed by atoms with Crippen LogP contribution in [0.3, 0.4) is 0 Å². The second kappa shape index (κ2) is 9.07. The summed E-state index contributed by atoms with van der Waals surface area (Å²) in [7, 11) is -2.31. The van der Waals surface area contributed by atoms with E-state index >= 15 is 0 Å². The van der Waals surface area contributed by atoms with Crippen molar-refractivity contribution >= 4 is 23.8 Å². The normalized spacial score (nSPS) is 16.1. The molecule has 2 aromatic heterocycles. The van der Waals surface area contributed by atoms with E-state index in [0.717, 1.165) is 16.9 Å². The molecule has 0 aliphatic carbocycles. The molecule has 38 heavy (non-hydrogen) atoms. The van der Waals surface area contributed by atoms with Crippen LogP contribution in [0.4, 0.5) is 0 Å². The Bertz CT molecular complexity index is 1670. The first-order valence-electron chi connectivity index (χ1n) is 13.2. The maximum Gasteiger partial charge on any atom is 0.219 e. The minimum atomic E-state index is -2.31. The molecule has 0 saturated carbocycles. The van der Waals surface area contributed by atoms with Crippen LogP contribution in [-0.2, 0) is 5.41 Å². The zero-order valence-corrected chi connectivity index (χ0v) is 23.6. The highest BCUT2D eigenvalue weighted by molar-refractivity contribution is 7.13. The topological polar surface area (TPSA) is 35.0 Å². The van der Waals surface area contributed by atoms with Gasteiger partial charge in [0.25, 0.3) is 0 Å². The molecular weight excluding hydrogens is 480 g/mol. The van der Waals surface area contributed by atoms with Gasteiger partial charge >= 0.3 is 0 Å². The first-order valence-corrected chi connectivity index (χ1v) is 15.7. The Kier molecular flexibility index (Phi) is 5.80. The Labute approximate surface area is 226 Å². The molecule has 1 atom stereocenters. The van der Waals surface area contributed by atoms with Crippen LogP contribution in [0.2, 0.25) is 6.55 Å².